The molecule has 1 unspecified atom stereocenters. The van der Waals surface area contributed by atoms with E-state index in [1.807, 2.05) is 6.07 Å². The molecule has 160 valence electrons. The highest BCUT2D eigenvalue weighted by Crippen LogP contribution is 2.32. The summed E-state index contributed by atoms with van der Waals surface area (Å²) in [6.07, 6.45) is 1.35. The van der Waals surface area contributed by atoms with Gasteiger partial charge in [0.15, 0.2) is 14.6 Å². The molecule has 1 aromatic heterocycles. The molecule has 0 aliphatic heterocycles. The Kier molecular flexibility index (Phi) is 6.64. The molecule has 1 amide bonds. The molecule has 11 heteroatoms. The smallest absolute Gasteiger partial charge is 0.264 e. The fourth-order valence-corrected chi connectivity index (χ4v) is 3.67. The van der Waals surface area contributed by atoms with Crippen molar-refractivity contribution in [2.75, 3.05) is 13.4 Å². The van der Waals surface area contributed by atoms with Crippen molar-refractivity contribution < 1.29 is 27.5 Å². The predicted molar refractivity (Wildman–Crippen MR) is 105 cm³/mol. The van der Waals surface area contributed by atoms with Gasteiger partial charge in [0.2, 0.25) is 0 Å². The SMILES string of the molecule is COc1cc(C#N)ccc1-c1cc(=O)n(CCC(C)(C(=O)NO)S(C)(=O)=O)cc1F. The summed E-state index contributed by atoms with van der Waals surface area (Å²) in [7, 11) is -2.62. The number of pyridine rings is 1. The van der Waals surface area contributed by atoms with E-state index in [-0.39, 0.29) is 29.8 Å². The second kappa shape index (κ2) is 8.64. The zero-order chi connectivity index (χ0) is 22.7. The van der Waals surface area contributed by atoms with Crippen LogP contribution in [0.3, 0.4) is 0 Å². The van der Waals surface area contributed by atoms with E-state index in [0.29, 0.717) is 5.56 Å². The monoisotopic (exact) mass is 437 g/mol. The van der Waals surface area contributed by atoms with Crippen molar-refractivity contribution in [3.05, 3.63) is 52.2 Å². The molecular formula is C19H20FN3O6S. The Hall–Kier alpha value is -3.23. The summed E-state index contributed by atoms with van der Waals surface area (Å²) < 4.78 is 42.9. The van der Waals surface area contributed by atoms with Gasteiger partial charge in [0, 0.05) is 36.2 Å². The number of hydroxylamine groups is 1. The third-order valence-electron chi connectivity index (χ3n) is 4.93. The molecule has 1 aromatic carbocycles. The van der Waals surface area contributed by atoms with E-state index in [0.717, 1.165) is 30.0 Å². The minimum atomic E-state index is -3.96. The number of methoxy groups -OCH3 is 1. The van der Waals surface area contributed by atoms with E-state index in [1.54, 1.807) is 0 Å². The maximum atomic E-state index is 14.8. The van der Waals surface area contributed by atoms with Gasteiger partial charge in [-0.3, -0.25) is 14.8 Å². The molecule has 0 bridgehead atoms. The van der Waals surface area contributed by atoms with Crippen LogP contribution in [-0.4, -0.2) is 42.2 Å². The first-order chi connectivity index (χ1) is 14.0. The molecular weight excluding hydrogens is 417 g/mol. The van der Waals surface area contributed by atoms with Crippen LogP contribution in [0.2, 0.25) is 0 Å². The number of ether oxygens (including phenoxy) is 1. The van der Waals surface area contributed by atoms with Crippen LogP contribution in [0.25, 0.3) is 11.1 Å². The normalized spacial score (nSPS) is 13.2. The molecule has 1 atom stereocenters. The van der Waals surface area contributed by atoms with Crippen LogP contribution >= 0.6 is 0 Å². The number of rotatable bonds is 7. The Morgan fingerprint density at radius 1 is 1.37 bits per heavy atom. The van der Waals surface area contributed by atoms with Crippen molar-refractivity contribution in [1.29, 1.82) is 5.26 Å². The lowest BCUT2D eigenvalue weighted by molar-refractivity contribution is -0.131. The number of nitrogens with zero attached hydrogens (tertiary/aromatic N) is 2. The summed E-state index contributed by atoms with van der Waals surface area (Å²) >= 11 is 0. The summed E-state index contributed by atoms with van der Waals surface area (Å²) in [6, 6.07) is 7.26. The second-order valence-corrected chi connectivity index (χ2v) is 9.23. The van der Waals surface area contributed by atoms with Crippen LogP contribution in [-0.2, 0) is 21.2 Å². The van der Waals surface area contributed by atoms with Crippen molar-refractivity contribution in [3.63, 3.8) is 0 Å². The first-order valence-electron chi connectivity index (χ1n) is 8.61. The lowest BCUT2D eigenvalue weighted by atomic mass is 10.0. The van der Waals surface area contributed by atoms with Gasteiger partial charge < -0.3 is 9.30 Å². The standard InChI is InChI=1S/C19H20FN3O6S/c1-19(18(25)22-26,30(3,27)28)6-7-23-11-15(20)14(9-17(23)24)13-5-4-12(10-21)8-16(13)29-2/h4-5,8-9,11,26H,6-7H2,1-3H3,(H,22,25). The van der Waals surface area contributed by atoms with Crippen molar-refractivity contribution >= 4 is 15.7 Å². The largest absolute Gasteiger partial charge is 0.496 e. The number of halogens is 1. The maximum Gasteiger partial charge on any atom is 0.264 e. The van der Waals surface area contributed by atoms with Crippen LogP contribution in [0.1, 0.15) is 18.9 Å². The van der Waals surface area contributed by atoms with Crippen molar-refractivity contribution in [2.24, 2.45) is 0 Å². The molecule has 0 fully saturated rings. The molecule has 2 aromatic rings. The van der Waals surface area contributed by atoms with E-state index in [4.69, 9.17) is 15.2 Å². The zero-order valence-corrected chi connectivity index (χ0v) is 17.3. The third-order valence-corrected chi connectivity index (χ3v) is 6.95. The molecule has 0 radical (unpaired) electrons. The number of nitriles is 1. The summed E-state index contributed by atoms with van der Waals surface area (Å²) in [4.78, 5) is 24.4. The average molecular weight is 437 g/mol. The third kappa shape index (κ3) is 4.34. The van der Waals surface area contributed by atoms with Crippen LogP contribution < -0.4 is 15.8 Å². The molecule has 0 spiro atoms. The number of nitrogens with one attached hydrogen (secondary N) is 1. The topological polar surface area (TPSA) is 138 Å². The van der Waals surface area contributed by atoms with Crippen LogP contribution in [0.4, 0.5) is 4.39 Å². The summed E-state index contributed by atoms with van der Waals surface area (Å²) in [6.45, 7) is 0.808. The lowest BCUT2D eigenvalue weighted by Gasteiger charge is -2.25. The van der Waals surface area contributed by atoms with Crippen LogP contribution in [0.5, 0.6) is 5.75 Å². The van der Waals surface area contributed by atoms with E-state index < -0.39 is 31.9 Å². The van der Waals surface area contributed by atoms with Gasteiger partial charge in [-0.2, -0.15) is 5.26 Å². The summed E-state index contributed by atoms with van der Waals surface area (Å²) in [5, 5.41) is 17.8. The molecule has 2 rings (SSSR count). The van der Waals surface area contributed by atoms with Gasteiger partial charge in [-0.25, -0.2) is 18.3 Å². The highest BCUT2D eigenvalue weighted by Gasteiger charge is 2.43. The molecule has 0 saturated carbocycles. The number of hydrogen-bond acceptors (Lipinski definition) is 7. The van der Waals surface area contributed by atoms with Gasteiger partial charge in [-0.05, 0) is 31.5 Å². The molecule has 2 N–H and O–H groups in total. The van der Waals surface area contributed by atoms with Gasteiger partial charge in [-0.1, -0.05) is 0 Å². The van der Waals surface area contributed by atoms with E-state index in [2.05, 4.69) is 0 Å². The Morgan fingerprint density at radius 2 is 2.03 bits per heavy atom. The Labute approximate surface area is 172 Å². The number of sulfone groups is 1. The predicted octanol–water partition coefficient (Wildman–Crippen LogP) is 1.23. The number of benzene rings is 1. The first kappa shape index (κ1) is 23.1. The van der Waals surface area contributed by atoms with E-state index in [1.165, 1.54) is 30.8 Å². The zero-order valence-electron chi connectivity index (χ0n) is 16.5. The summed E-state index contributed by atoms with van der Waals surface area (Å²) in [5.41, 5.74) is 1.17. The minimum Gasteiger partial charge on any atom is -0.496 e. The molecule has 30 heavy (non-hydrogen) atoms. The van der Waals surface area contributed by atoms with Crippen LogP contribution in [0, 0.1) is 17.1 Å². The van der Waals surface area contributed by atoms with E-state index >= 15 is 0 Å². The number of hydrogen-bond donors (Lipinski definition) is 2. The fraction of sp³-hybridized carbons (Fsp3) is 0.316. The quantitative estimate of drug-likeness (QED) is 0.491. The maximum absolute atomic E-state index is 14.8. The van der Waals surface area contributed by atoms with Gasteiger partial charge in [0.25, 0.3) is 11.5 Å². The van der Waals surface area contributed by atoms with Gasteiger partial charge >= 0.3 is 0 Å². The minimum absolute atomic E-state index is 0.0587. The summed E-state index contributed by atoms with van der Waals surface area (Å²) in [5.74, 6) is -1.74. The number of amides is 1. The van der Waals surface area contributed by atoms with Crippen molar-refractivity contribution in [2.45, 2.75) is 24.6 Å². The van der Waals surface area contributed by atoms with Gasteiger partial charge in [-0.15, -0.1) is 0 Å². The average Bonchev–Trinajstić information content (AvgIpc) is 2.71. The number of carbonyl (C=O) groups excluding carboxylic acids is 1. The van der Waals surface area contributed by atoms with Gasteiger partial charge in [0.05, 0.1) is 18.7 Å². The van der Waals surface area contributed by atoms with Gasteiger partial charge in [0.1, 0.15) is 11.6 Å². The number of carbonyl (C=O) groups is 1. The Balaban J connectivity index is 2.44. The molecule has 1 heterocycles. The van der Waals surface area contributed by atoms with Crippen molar-refractivity contribution in [1.82, 2.24) is 10.0 Å². The molecule has 0 aliphatic rings. The number of aryl methyl sites for hydroxylation is 1. The molecule has 0 saturated heterocycles. The Morgan fingerprint density at radius 3 is 2.57 bits per heavy atom. The lowest BCUT2D eigenvalue weighted by Crippen LogP contribution is -2.50. The highest BCUT2D eigenvalue weighted by molar-refractivity contribution is 7.92. The Bertz CT molecular complexity index is 1190. The van der Waals surface area contributed by atoms with Crippen LogP contribution in [0.15, 0.2) is 35.3 Å². The molecule has 0 aliphatic carbocycles. The van der Waals surface area contributed by atoms with E-state index in [9.17, 15) is 22.4 Å². The van der Waals surface area contributed by atoms with Crippen molar-refractivity contribution in [3.8, 4) is 22.9 Å². The second-order valence-electron chi connectivity index (χ2n) is 6.79. The fourth-order valence-electron chi connectivity index (χ4n) is 2.83. The highest BCUT2D eigenvalue weighted by atomic mass is 32.2. The first-order valence-corrected chi connectivity index (χ1v) is 10.5. The molecule has 9 nitrogen and oxygen atoms in total. The number of aromatic nitrogens is 1.